The van der Waals surface area contributed by atoms with Crippen LogP contribution in [0.3, 0.4) is 0 Å². The molecule has 0 atom stereocenters. The molecule has 0 amide bonds. The third-order valence-corrected chi connectivity index (χ3v) is 4.07. The Kier molecular flexibility index (Phi) is 5.16. The molecule has 4 heteroatoms. The highest BCUT2D eigenvalue weighted by Gasteiger charge is 2.07. The second kappa shape index (κ2) is 6.87. The van der Waals surface area contributed by atoms with E-state index in [2.05, 4.69) is 35.0 Å². The van der Waals surface area contributed by atoms with Crippen LogP contribution in [0, 0.1) is 0 Å². The van der Waals surface area contributed by atoms with Gasteiger partial charge in [-0.1, -0.05) is 46.7 Å². The summed E-state index contributed by atoms with van der Waals surface area (Å²) >= 11 is 5.11. The van der Waals surface area contributed by atoms with Crippen molar-refractivity contribution < 1.29 is 4.74 Å². The highest BCUT2D eigenvalue weighted by Crippen LogP contribution is 2.37. The normalized spacial score (nSPS) is 10.4. The van der Waals surface area contributed by atoms with Crippen molar-refractivity contribution in [3.05, 3.63) is 46.9 Å². The molecule has 0 radical (unpaired) electrons. The molecule has 100 valence electrons. The lowest BCUT2D eigenvalue weighted by Crippen LogP contribution is -1.99. The zero-order valence-electron chi connectivity index (χ0n) is 10.7. The lowest BCUT2D eigenvalue weighted by atomic mass is 10.3. The Morgan fingerprint density at radius 2 is 2.00 bits per heavy atom. The molecule has 2 aromatic rings. The summed E-state index contributed by atoms with van der Waals surface area (Å²) < 4.78 is 6.70. The van der Waals surface area contributed by atoms with Crippen molar-refractivity contribution in [1.29, 1.82) is 0 Å². The molecule has 0 heterocycles. The summed E-state index contributed by atoms with van der Waals surface area (Å²) in [5.41, 5.74) is 6.86. The fraction of sp³-hybridized carbons (Fsp3) is 0.200. The molecule has 0 aliphatic heterocycles. The highest BCUT2D eigenvalue weighted by molar-refractivity contribution is 9.10. The average Bonchev–Trinajstić information content (AvgIpc) is 2.40. The number of hydrogen-bond donors (Lipinski definition) is 1. The highest BCUT2D eigenvalue weighted by atomic mass is 79.9. The number of rotatable bonds is 5. The third kappa shape index (κ3) is 3.91. The van der Waals surface area contributed by atoms with Crippen LogP contribution in [-0.4, -0.2) is 6.61 Å². The number of para-hydroxylation sites is 1. The molecule has 2 nitrogen and oxygen atoms in total. The van der Waals surface area contributed by atoms with E-state index in [1.165, 1.54) is 0 Å². The van der Waals surface area contributed by atoms with Crippen LogP contribution in [0.25, 0.3) is 0 Å². The number of hydrogen-bond acceptors (Lipinski definition) is 3. The Morgan fingerprint density at radius 1 is 1.21 bits per heavy atom. The molecule has 2 rings (SSSR count). The van der Waals surface area contributed by atoms with Gasteiger partial charge in [0, 0.05) is 14.3 Å². The maximum absolute atomic E-state index is 6.15. The van der Waals surface area contributed by atoms with Crippen LogP contribution in [0.2, 0.25) is 0 Å². The van der Waals surface area contributed by atoms with Gasteiger partial charge < -0.3 is 10.5 Å². The molecule has 0 saturated heterocycles. The molecule has 0 aliphatic rings. The van der Waals surface area contributed by atoms with Crippen molar-refractivity contribution in [2.75, 3.05) is 12.3 Å². The number of nitrogen functional groups attached to an aromatic ring is 1. The molecule has 2 aromatic carbocycles. The minimum Gasteiger partial charge on any atom is -0.491 e. The molecular formula is C15H16BrNOS. The lowest BCUT2D eigenvalue weighted by molar-refractivity contribution is 0.318. The van der Waals surface area contributed by atoms with Gasteiger partial charge in [0.1, 0.15) is 5.75 Å². The van der Waals surface area contributed by atoms with E-state index in [4.69, 9.17) is 10.5 Å². The maximum Gasteiger partial charge on any atom is 0.143 e. The number of ether oxygens (including phenoxy) is 1. The Labute approximate surface area is 126 Å². The van der Waals surface area contributed by atoms with Crippen LogP contribution < -0.4 is 10.5 Å². The van der Waals surface area contributed by atoms with Crippen molar-refractivity contribution in [2.24, 2.45) is 0 Å². The van der Waals surface area contributed by atoms with E-state index in [1.54, 1.807) is 11.8 Å². The molecule has 2 N–H and O–H groups in total. The van der Waals surface area contributed by atoms with E-state index in [1.807, 2.05) is 30.3 Å². The van der Waals surface area contributed by atoms with Crippen LogP contribution in [0.1, 0.15) is 13.3 Å². The summed E-state index contributed by atoms with van der Waals surface area (Å²) in [6.45, 7) is 2.77. The van der Waals surface area contributed by atoms with E-state index >= 15 is 0 Å². The molecule has 0 unspecified atom stereocenters. The summed E-state index contributed by atoms with van der Waals surface area (Å²) in [4.78, 5) is 2.17. The van der Waals surface area contributed by atoms with Gasteiger partial charge in [0.15, 0.2) is 0 Å². The van der Waals surface area contributed by atoms with Crippen molar-refractivity contribution in [3.8, 4) is 5.75 Å². The van der Waals surface area contributed by atoms with Crippen LogP contribution in [0.4, 0.5) is 5.69 Å². The predicted octanol–water partition coefficient (Wildman–Crippen LogP) is 4.97. The van der Waals surface area contributed by atoms with Crippen LogP contribution in [0.5, 0.6) is 5.75 Å². The third-order valence-electron chi connectivity index (χ3n) is 2.51. The summed E-state index contributed by atoms with van der Waals surface area (Å²) in [7, 11) is 0. The first kappa shape index (κ1) is 14.3. The second-order valence-electron chi connectivity index (χ2n) is 4.08. The summed E-state index contributed by atoms with van der Waals surface area (Å²) in [5.74, 6) is 0.766. The minimum atomic E-state index is 0.690. The van der Waals surface area contributed by atoms with Gasteiger partial charge in [-0.2, -0.15) is 0 Å². The Morgan fingerprint density at radius 3 is 2.74 bits per heavy atom. The van der Waals surface area contributed by atoms with Crippen molar-refractivity contribution in [2.45, 2.75) is 23.1 Å². The van der Waals surface area contributed by atoms with E-state index in [0.717, 1.165) is 26.4 Å². The first-order valence-corrected chi connectivity index (χ1v) is 7.76. The topological polar surface area (TPSA) is 35.2 Å². The molecule has 0 fully saturated rings. The van der Waals surface area contributed by atoms with Crippen LogP contribution in [-0.2, 0) is 0 Å². The zero-order chi connectivity index (χ0) is 13.7. The first-order chi connectivity index (χ1) is 9.20. The van der Waals surface area contributed by atoms with Gasteiger partial charge in [-0.05, 0) is 36.8 Å². The monoisotopic (exact) mass is 337 g/mol. The number of anilines is 1. The number of benzene rings is 2. The second-order valence-corrected chi connectivity index (χ2v) is 6.11. The molecule has 19 heavy (non-hydrogen) atoms. The quantitative estimate of drug-likeness (QED) is 0.782. The van der Waals surface area contributed by atoms with E-state index < -0.39 is 0 Å². The Hall–Kier alpha value is -1.13. The molecule has 0 saturated carbocycles. The standard InChI is InChI=1S/C15H16BrNOS/c1-2-9-18-13-7-4-8-14(15(13)17)19-12-6-3-5-11(16)10-12/h3-8,10H,2,9,17H2,1H3. The maximum atomic E-state index is 6.15. The summed E-state index contributed by atoms with van der Waals surface area (Å²) in [6.07, 6.45) is 0.975. The van der Waals surface area contributed by atoms with E-state index in [0.29, 0.717) is 12.3 Å². The van der Waals surface area contributed by atoms with Crippen LogP contribution in [0.15, 0.2) is 56.7 Å². The molecule has 0 aliphatic carbocycles. The van der Waals surface area contributed by atoms with Gasteiger partial charge in [0.25, 0.3) is 0 Å². The summed E-state index contributed by atoms with van der Waals surface area (Å²) in [6, 6.07) is 14.1. The Bertz CT molecular complexity index is 560. The average molecular weight is 338 g/mol. The Balaban J connectivity index is 2.20. The number of nitrogens with two attached hydrogens (primary N) is 1. The van der Waals surface area contributed by atoms with E-state index in [9.17, 15) is 0 Å². The molecule has 0 spiro atoms. The smallest absolute Gasteiger partial charge is 0.143 e. The summed E-state index contributed by atoms with van der Waals surface area (Å²) in [5, 5.41) is 0. The fourth-order valence-electron chi connectivity index (χ4n) is 1.61. The van der Waals surface area contributed by atoms with Crippen molar-refractivity contribution in [3.63, 3.8) is 0 Å². The number of halogens is 1. The first-order valence-electron chi connectivity index (χ1n) is 6.15. The van der Waals surface area contributed by atoms with Gasteiger partial charge in [-0.25, -0.2) is 0 Å². The minimum absolute atomic E-state index is 0.690. The van der Waals surface area contributed by atoms with Crippen molar-refractivity contribution >= 4 is 33.4 Å². The zero-order valence-corrected chi connectivity index (χ0v) is 13.1. The van der Waals surface area contributed by atoms with Crippen molar-refractivity contribution in [1.82, 2.24) is 0 Å². The van der Waals surface area contributed by atoms with Gasteiger partial charge in [0.05, 0.1) is 12.3 Å². The SMILES string of the molecule is CCCOc1cccc(Sc2cccc(Br)c2)c1N. The predicted molar refractivity (Wildman–Crippen MR) is 84.9 cm³/mol. The lowest BCUT2D eigenvalue weighted by Gasteiger charge is -2.11. The molecular weight excluding hydrogens is 322 g/mol. The molecule has 0 aromatic heterocycles. The van der Waals surface area contributed by atoms with Gasteiger partial charge in [-0.15, -0.1) is 0 Å². The molecule has 0 bridgehead atoms. The van der Waals surface area contributed by atoms with E-state index in [-0.39, 0.29) is 0 Å². The van der Waals surface area contributed by atoms with Gasteiger partial charge >= 0.3 is 0 Å². The van der Waals surface area contributed by atoms with Gasteiger partial charge in [-0.3, -0.25) is 0 Å². The largest absolute Gasteiger partial charge is 0.491 e. The van der Waals surface area contributed by atoms with Crippen LogP contribution >= 0.6 is 27.7 Å². The van der Waals surface area contributed by atoms with Gasteiger partial charge in [0.2, 0.25) is 0 Å². The fourth-order valence-corrected chi connectivity index (χ4v) is 3.10.